The molecule has 0 saturated carbocycles. The summed E-state index contributed by atoms with van der Waals surface area (Å²) < 4.78 is 2.20. The highest BCUT2D eigenvalue weighted by atomic mass is 127. The van der Waals surface area contributed by atoms with Crippen molar-refractivity contribution in [3.05, 3.63) is 41.5 Å². The van der Waals surface area contributed by atoms with E-state index in [0.29, 0.717) is 6.54 Å². The average molecular weight is 497 g/mol. The van der Waals surface area contributed by atoms with Crippen LogP contribution >= 0.6 is 24.0 Å². The molecular formula is C20H32IN7. The second kappa shape index (κ2) is 11.2. The first kappa shape index (κ1) is 22.4. The second-order valence-electron chi connectivity index (χ2n) is 6.83. The van der Waals surface area contributed by atoms with Gasteiger partial charge in [0.2, 0.25) is 0 Å². The molecule has 0 saturated heterocycles. The molecule has 0 bridgehead atoms. The van der Waals surface area contributed by atoms with E-state index >= 15 is 0 Å². The standard InChI is InChI=1S/C20H31N7.HI/c1-4-21-20(23-15-19-25-24-18-10-7-12-27(18)19)22-11-13-26(5-2)17-9-6-8-16(3)14-17;/h6,8-9,14H,4-5,7,10-13,15H2,1-3H3,(H2,21,22,23);1H. The number of nitrogens with one attached hydrogen (secondary N) is 2. The molecule has 0 radical (unpaired) electrons. The third-order valence-corrected chi connectivity index (χ3v) is 4.83. The Morgan fingerprint density at radius 2 is 2.11 bits per heavy atom. The van der Waals surface area contributed by atoms with E-state index in [9.17, 15) is 0 Å². The lowest BCUT2D eigenvalue weighted by Crippen LogP contribution is -2.41. The fourth-order valence-electron chi connectivity index (χ4n) is 3.42. The van der Waals surface area contributed by atoms with Gasteiger partial charge in [0.25, 0.3) is 0 Å². The summed E-state index contributed by atoms with van der Waals surface area (Å²) in [6.07, 6.45) is 2.19. The molecule has 154 valence electrons. The Balaban J connectivity index is 0.00000280. The van der Waals surface area contributed by atoms with Crippen molar-refractivity contribution in [2.75, 3.05) is 31.1 Å². The van der Waals surface area contributed by atoms with Crippen molar-refractivity contribution < 1.29 is 0 Å². The number of rotatable bonds is 8. The molecule has 1 aliphatic rings. The number of hydrogen-bond acceptors (Lipinski definition) is 4. The van der Waals surface area contributed by atoms with Crippen molar-refractivity contribution in [2.45, 2.75) is 46.7 Å². The molecule has 2 heterocycles. The summed E-state index contributed by atoms with van der Waals surface area (Å²) in [5, 5.41) is 15.3. The molecule has 0 aliphatic carbocycles. The topological polar surface area (TPSA) is 70.4 Å². The van der Waals surface area contributed by atoms with Crippen LogP contribution in [0.25, 0.3) is 0 Å². The summed E-state index contributed by atoms with van der Waals surface area (Å²) in [5.74, 6) is 2.87. The first-order valence-electron chi connectivity index (χ1n) is 9.96. The Bertz CT molecular complexity index is 772. The van der Waals surface area contributed by atoms with Crippen LogP contribution in [0.4, 0.5) is 5.69 Å². The first-order valence-corrected chi connectivity index (χ1v) is 9.96. The third kappa shape index (κ3) is 5.83. The van der Waals surface area contributed by atoms with Gasteiger partial charge < -0.3 is 20.1 Å². The quantitative estimate of drug-likeness (QED) is 0.334. The molecule has 2 N–H and O–H groups in total. The molecule has 3 rings (SSSR count). The lowest BCUT2D eigenvalue weighted by Gasteiger charge is -2.24. The van der Waals surface area contributed by atoms with Crippen molar-refractivity contribution in [3.63, 3.8) is 0 Å². The number of aromatic nitrogens is 3. The first-order chi connectivity index (χ1) is 13.2. The molecule has 1 aliphatic heterocycles. The molecule has 0 unspecified atom stereocenters. The number of fused-ring (bicyclic) bond motifs is 1. The van der Waals surface area contributed by atoms with Crippen molar-refractivity contribution in [1.82, 2.24) is 25.4 Å². The van der Waals surface area contributed by atoms with E-state index in [1.54, 1.807) is 0 Å². The number of guanidine groups is 1. The zero-order valence-corrected chi connectivity index (χ0v) is 19.4. The fraction of sp³-hybridized carbons (Fsp3) is 0.550. The molecule has 1 aromatic carbocycles. The lowest BCUT2D eigenvalue weighted by molar-refractivity contribution is 0.683. The minimum absolute atomic E-state index is 0. The van der Waals surface area contributed by atoms with Gasteiger partial charge in [-0.05, 0) is 44.9 Å². The maximum absolute atomic E-state index is 4.70. The van der Waals surface area contributed by atoms with E-state index in [2.05, 4.69) is 75.3 Å². The summed E-state index contributed by atoms with van der Waals surface area (Å²) in [6.45, 7) is 11.5. The highest BCUT2D eigenvalue weighted by Gasteiger charge is 2.16. The maximum atomic E-state index is 4.70. The summed E-state index contributed by atoms with van der Waals surface area (Å²) in [5.41, 5.74) is 2.55. The Morgan fingerprint density at radius 3 is 2.86 bits per heavy atom. The van der Waals surface area contributed by atoms with Gasteiger partial charge in [-0.25, -0.2) is 4.99 Å². The van der Waals surface area contributed by atoms with Crippen molar-refractivity contribution in [2.24, 2.45) is 4.99 Å². The van der Waals surface area contributed by atoms with Crippen molar-refractivity contribution >= 4 is 35.6 Å². The Morgan fingerprint density at radius 1 is 1.25 bits per heavy atom. The van der Waals surface area contributed by atoms with Crippen molar-refractivity contribution in [1.29, 1.82) is 0 Å². The van der Waals surface area contributed by atoms with Crippen molar-refractivity contribution in [3.8, 4) is 0 Å². The predicted octanol–water partition coefficient (Wildman–Crippen LogP) is 2.73. The number of aryl methyl sites for hydroxylation is 2. The van der Waals surface area contributed by atoms with Crippen LogP contribution in [-0.2, 0) is 19.5 Å². The van der Waals surface area contributed by atoms with Gasteiger partial charge in [0.1, 0.15) is 12.4 Å². The van der Waals surface area contributed by atoms with Gasteiger partial charge in [-0.2, -0.15) is 0 Å². The van der Waals surface area contributed by atoms with Gasteiger partial charge >= 0.3 is 0 Å². The van der Waals surface area contributed by atoms with Crippen LogP contribution in [0.1, 0.15) is 37.5 Å². The molecule has 8 heteroatoms. The summed E-state index contributed by atoms with van der Waals surface area (Å²) in [6, 6.07) is 8.65. The number of anilines is 1. The Kier molecular flexibility index (Phi) is 9.01. The van der Waals surface area contributed by atoms with Gasteiger partial charge in [0.05, 0.1) is 0 Å². The fourth-order valence-corrected chi connectivity index (χ4v) is 3.42. The lowest BCUT2D eigenvalue weighted by atomic mass is 10.2. The minimum atomic E-state index is 0. The zero-order valence-electron chi connectivity index (χ0n) is 17.1. The minimum Gasteiger partial charge on any atom is -0.370 e. The second-order valence-corrected chi connectivity index (χ2v) is 6.83. The summed E-state index contributed by atoms with van der Waals surface area (Å²) in [7, 11) is 0. The van der Waals surface area contributed by atoms with E-state index in [0.717, 1.165) is 63.2 Å². The van der Waals surface area contributed by atoms with Crippen LogP contribution in [0.2, 0.25) is 0 Å². The number of benzene rings is 1. The highest BCUT2D eigenvalue weighted by molar-refractivity contribution is 14.0. The van der Waals surface area contributed by atoms with E-state index < -0.39 is 0 Å². The van der Waals surface area contributed by atoms with Gasteiger partial charge in [0, 0.05) is 44.8 Å². The normalized spacial score (nSPS) is 13.0. The van der Waals surface area contributed by atoms with E-state index in [-0.39, 0.29) is 24.0 Å². The molecule has 1 aromatic heterocycles. The SMILES string of the molecule is CCNC(=NCc1nnc2n1CCC2)NCCN(CC)c1cccc(C)c1.I. The monoisotopic (exact) mass is 497 g/mol. The average Bonchev–Trinajstić information content (AvgIpc) is 3.27. The predicted molar refractivity (Wildman–Crippen MR) is 126 cm³/mol. The van der Waals surface area contributed by atoms with Gasteiger partial charge in [-0.1, -0.05) is 12.1 Å². The molecule has 7 nitrogen and oxygen atoms in total. The Hall–Kier alpha value is -1.84. The van der Waals surface area contributed by atoms with Gasteiger partial charge in [0.15, 0.2) is 11.8 Å². The number of aliphatic imine (C=N–C) groups is 1. The zero-order chi connectivity index (χ0) is 19.1. The van der Waals surface area contributed by atoms with Gasteiger partial charge in [-0.15, -0.1) is 34.2 Å². The highest BCUT2D eigenvalue weighted by Crippen LogP contribution is 2.15. The van der Waals surface area contributed by atoms with Crippen LogP contribution in [-0.4, -0.2) is 46.9 Å². The summed E-state index contributed by atoms with van der Waals surface area (Å²) >= 11 is 0. The smallest absolute Gasteiger partial charge is 0.191 e. The number of likely N-dealkylation sites (N-methyl/N-ethyl adjacent to an activating group) is 1. The molecule has 0 amide bonds. The van der Waals surface area contributed by atoms with E-state index in [4.69, 9.17) is 4.99 Å². The summed E-state index contributed by atoms with van der Waals surface area (Å²) in [4.78, 5) is 7.07. The largest absolute Gasteiger partial charge is 0.370 e. The molecule has 28 heavy (non-hydrogen) atoms. The van der Waals surface area contributed by atoms with Crippen LogP contribution < -0.4 is 15.5 Å². The third-order valence-electron chi connectivity index (χ3n) is 4.83. The molecule has 0 atom stereocenters. The van der Waals surface area contributed by atoms with E-state index in [1.807, 2.05) is 0 Å². The maximum Gasteiger partial charge on any atom is 0.191 e. The number of halogens is 1. The van der Waals surface area contributed by atoms with Gasteiger partial charge in [-0.3, -0.25) is 0 Å². The molecule has 2 aromatic rings. The van der Waals surface area contributed by atoms with Crippen LogP contribution in [0.15, 0.2) is 29.3 Å². The number of hydrogen-bond donors (Lipinski definition) is 2. The van der Waals surface area contributed by atoms with Crippen LogP contribution in [0.5, 0.6) is 0 Å². The Labute approximate surface area is 185 Å². The van der Waals surface area contributed by atoms with E-state index in [1.165, 1.54) is 11.3 Å². The molecule has 0 spiro atoms. The van der Waals surface area contributed by atoms with Crippen LogP contribution in [0.3, 0.4) is 0 Å². The van der Waals surface area contributed by atoms with Crippen LogP contribution in [0, 0.1) is 6.92 Å². The number of nitrogens with zero attached hydrogens (tertiary/aromatic N) is 5. The molecular weight excluding hydrogens is 465 g/mol. The molecule has 0 fully saturated rings.